The second kappa shape index (κ2) is 11.6. The molecule has 1 heterocycles. The average molecular weight is 489 g/mol. The Morgan fingerprint density at radius 3 is 2.19 bits per heavy atom. The second-order valence-electron chi connectivity index (χ2n) is 9.12. The number of carbonyl (C=O) groups excluding carboxylic acids is 3. The fourth-order valence-electron chi connectivity index (χ4n) is 4.44. The molecule has 186 valence electrons. The van der Waals surface area contributed by atoms with E-state index < -0.39 is 6.04 Å². The lowest BCUT2D eigenvalue weighted by Gasteiger charge is -2.24. The Kier molecular flexibility index (Phi) is 8.10. The lowest BCUT2D eigenvalue weighted by molar-refractivity contribution is -0.137. The van der Waals surface area contributed by atoms with E-state index in [9.17, 15) is 18.8 Å². The molecule has 3 aromatic carbocycles. The molecule has 0 aromatic heterocycles. The molecule has 0 radical (unpaired) electrons. The van der Waals surface area contributed by atoms with Crippen LogP contribution in [0.4, 0.5) is 10.1 Å². The summed E-state index contributed by atoms with van der Waals surface area (Å²) in [7, 11) is 0. The fourth-order valence-corrected chi connectivity index (χ4v) is 4.44. The van der Waals surface area contributed by atoms with Crippen LogP contribution in [0.15, 0.2) is 78.9 Å². The predicted molar refractivity (Wildman–Crippen MR) is 135 cm³/mol. The number of amides is 2. The van der Waals surface area contributed by atoms with Gasteiger partial charge in [-0.1, -0.05) is 30.3 Å². The maximum Gasteiger partial charge on any atom is 0.247 e. The third kappa shape index (κ3) is 6.78. The molecule has 0 spiro atoms. The number of hydrogen-bond donors (Lipinski definition) is 1. The molecule has 0 saturated carbocycles. The maximum atomic E-state index is 13.2. The topological polar surface area (TPSA) is 75.7 Å². The Morgan fingerprint density at radius 2 is 1.56 bits per heavy atom. The molecule has 0 bridgehead atoms. The van der Waals surface area contributed by atoms with E-state index in [4.69, 9.17) is 4.74 Å². The molecule has 1 fully saturated rings. The van der Waals surface area contributed by atoms with Gasteiger partial charge in [-0.25, -0.2) is 4.39 Å². The largest absolute Gasteiger partial charge is 0.457 e. The summed E-state index contributed by atoms with van der Waals surface area (Å²) in [6, 6.07) is 22.0. The van der Waals surface area contributed by atoms with Crippen molar-refractivity contribution >= 4 is 23.3 Å². The van der Waals surface area contributed by atoms with Crippen LogP contribution in [0.3, 0.4) is 0 Å². The molecule has 0 aliphatic carbocycles. The minimum atomic E-state index is -0.603. The number of nitrogens with one attached hydrogen (secondary N) is 1. The molecule has 2 atom stereocenters. The Balaban J connectivity index is 1.42. The van der Waals surface area contributed by atoms with Crippen LogP contribution in [-0.4, -0.2) is 35.1 Å². The molecule has 3 aromatic rings. The SMILES string of the molecule is CC(=O)CCC(=O)N1C[C@H](Cc2ccccc2)C[C@H]1C(=O)Nc1ccc(Oc2ccc(F)cc2)cc1. The van der Waals surface area contributed by atoms with Gasteiger partial charge in [-0.2, -0.15) is 0 Å². The normalized spacial score (nSPS) is 17.0. The molecule has 1 aliphatic heterocycles. The van der Waals surface area contributed by atoms with Crippen molar-refractivity contribution < 1.29 is 23.5 Å². The van der Waals surface area contributed by atoms with Crippen molar-refractivity contribution in [3.63, 3.8) is 0 Å². The lowest BCUT2D eigenvalue weighted by atomic mass is 9.96. The first-order valence-corrected chi connectivity index (χ1v) is 12.0. The van der Waals surface area contributed by atoms with E-state index in [1.807, 2.05) is 30.3 Å². The maximum absolute atomic E-state index is 13.2. The fraction of sp³-hybridized carbons (Fsp3) is 0.276. The minimum absolute atomic E-state index is 0.0488. The summed E-state index contributed by atoms with van der Waals surface area (Å²) < 4.78 is 18.8. The first-order chi connectivity index (χ1) is 17.4. The Bertz CT molecular complexity index is 1200. The number of benzene rings is 3. The number of ketones is 1. The number of hydrogen-bond acceptors (Lipinski definition) is 4. The van der Waals surface area contributed by atoms with Gasteiger partial charge in [0.1, 0.15) is 29.1 Å². The van der Waals surface area contributed by atoms with Gasteiger partial charge in [-0.3, -0.25) is 9.59 Å². The highest BCUT2D eigenvalue weighted by molar-refractivity contribution is 5.98. The smallest absolute Gasteiger partial charge is 0.247 e. The number of nitrogens with zero attached hydrogens (tertiary/aromatic N) is 1. The summed E-state index contributed by atoms with van der Waals surface area (Å²) in [5.74, 6) is 0.376. The zero-order valence-corrected chi connectivity index (χ0v) is 20.2. The van der Waals surface area contributed by atoms with Crippen molar-refractivity contribution in [2.45, 2.75) is 38.6 Å². The summed E-state index contributed by atoms with van der Waals surface area (Å²) in [6.07, 6.45) is 1.60. The van der Waals surface area contributed by atoms with Gasteiger partial charge >= 0.3 is 0 Å². The standard InChI is InChI=1S/C29H29FN2O4/c1-20(33)7-16-28(34)32-19-22(17-21-5-3-2-4-6-21)18-27(32)29(35)31-24-10-14-26(15-11-24)36-25-12-8-23(30)9-13-25/h2-6,8-15,22,27H,7,16-19H2,1H3,(H,31,35)/t22-,27+/m1/s1. The molecule has 1 saturated heterocycles. The number of rotatable bonds is 9. The van der Waals surface area contributed by atoms with Crippen molar-refractivity contribution in [2.75, 3.05) is 11.9 Å². The summed E-state index contributed by atoms with van der Waals surface area (Å²) in [5.41, 5.74) is 1.74. The van der Waals surface area contributed by atoms with Crippen molar-refractivity contribution in [3.05, 3.63) is 90.2 Å². The lowest BCUT2D eigenvalue weighted by Crippen LogP contribution is -2.43. The van der Waals surface area contributed by atoms with Crippen molar-refractivity contribution in [3.8, 4) is 11.5 Å². The summed E-state index contributed by atoms with van der Waals surface area (Å²) >= 11 is 0. The number of likely N-dealkylation sites (tertiary alicyclic amines) is 1. The molecule has 1 aliphatic rings. The van der Waals surface area contributed by atoms with Crippen molar-refractivity contribution in [2.24, 2.45) is 5.92 Å². The molecule has 4 rings (SSSR count). The molecule has 7 heteroatoms. The van der Waals surface area contributed by atoms with Crippen LogP contribution in [0.5, 0.6) is 11.5 Å². The van der Waals surface area contributed by atoms with Gasteiger partial charge in [0.15, 0.2) is 0 Å². The van der Waals surface area contributed by atoms with Crippen molar-refractivity contribution in [1.29, 1.82) is 0 Å². The van der Waals surface area contributed by atoms with Gasteiger partial charge in [0.25, 0.3) is 0 Å². The summed E-state index contributed by atoms with van der Waals surface area (Å²) in [4.78, 5) is 39.2. The number of carbonyl (C=O) groups is 3. The number of anilines is 1. The van der Waals surface area contributed by atoms with Crippen LogP contribution >= 0.6 is 0 Å². The molecule has 1 N–H and O–H groups in total. The molecule has 36 heavy (non-hydrogen) atoms. The van der Waals surface area contributed by atoms with E-state index in [-0.39, 0.29) is 42.2 Å². The Hall–Kier alpha value is -4.00. The third-order valence-corrected chi connectivity index (χ3v) is 6.24. The van der Waals surface area contributed by atoms with E-state index in [2.05, 4.69) is 5.32 Å². The molecular weight excluding hydrogens is 459 g/mol. The quantitative estimate of drug-likeness (QED) is 0.439. The zero-order chi connectivity index (χ0) is 25.5. The summed E-state index contributed by atoms with van der Waals surface area (Å²) in [5, 5.41) is 2.91. The van der Waals surface area contributed by atoms with Gasteiger partial charge in [-0.05, 0) is 79.8 Å². The monoisotopic (exact) mass is 488 g/mol. The van der Waals surface area contributed by atoms with E-state index >= 15 is 0 Å². The van der Waals surface area contributed by atoms with Gasteiger partial charge in [-0.15, -0.1) is 0 Å². The van der Waals surface area contributed by atoms with Crippen LogP contribution in [0.25, 0.3) is 0 Å². The minimum Gasteiger partial charge on any atom is -0.457 e. The van der Waals surface area contributed by atoms with E-state index in [1.54, 1.807) is 29.2 Å². The molecule has 0 unspecified atom stereocenters. The predicted octanol–water partition coefficient (Wildman–Crippen LogP) is 5.39. The van der Waals surface area contributed by atoms with Crippen LogP contribution in [-0.2, 0) is 20.8 Å². The highest BCUT2D eigenvalue weighted by atomic mass is 19.1. The number of Topliss-reactive ketones (excluding diaryl/α,β-unsaturated/α-hetero) is 1. The van der Waals surface area contributed by atoms with Crippen LogP contribution in [0.1, 0.15) is 31.7 Å². The number of halogens is 1. The summed E-state index contributed by atoms with van der Waals surface area (Å²) in [6.45, 7) is 1.94. The molecular formula is C29H29FN2O4. The van der Waals surface area contributed by atoms with E-state index in [0.29, 0.717) is 30.2 Å². The van der Waals surface area contributed by atoms with E-state index in [1.165, 1.54) is 31.2 Å². The number of ether oxygens (including phenoxy) is 1. The third-order valence-electron chi connectivity index (χ3n) is 6.24. The first kappa shape index (κ1) is 25.1. The molecule has 2 amide bonds. The van der Waals surface area contributed by atoms with Gasteiger partial charge < -0.3 is 19.7 Å². The van der Waals surface area contributed by atoms with E-state index in [0.717, 1.165) is 12.0 Å². The van der Waals surface area contributed by atoms with Crippen LogP contribution in [0.2, 0.25) is 0 Å². The molecule has 6 nitrogen and oxygen atoms in total. The van der Waals surface area contributed by atoms with Crippen LogP contribution < -0.4 is 10.1 Å². The van der Waals surface area contributed by atoms with Gasteiger partial charge in [0.05, 0.1) is 0 Å². The van der Waals surface area contributed by atoms with Crippen LogP contribution in [0, 0.1) is 11.7 Å². The highest BCUT2D eigenvalue weighted by Crippen LogP contribution is 2.29. The zero-order valence-electron chi connectivity index (χ0n) is 20.2. The highest BCUT2D eigenvalue weighted by Gasteiger charge is 2.39. The first-order valence-electron chi connectivity index (χ1n) is 12.0. The second-order valence-corrected chi connectivity index (χ2v) is 9.12. The van der Waals surface area contributed by atoms with Crippen molar-refractivity contribution in [1.82, 2.24) is 4.90 Å². The Labute approximate surface area is 210 Å². The van der Waals surface area contributed by atoms with Gasteiger partial charge in [0, 0.05) is 25.1 Å². The van der Waals surface area contributed by atoms with Gasteiger partial charge in [0.2, 0.25) is 11.8 Å². The average Bonchev–Trinajstić information content (AvgIpc) is 3.30. The Morgan fingerprint density at radius 1 is 0.917 bits per heavy atom.